The molecule has 0 bridgehead atoms. The van der Waals surface area contributed by atoms with Crippen LogP contribution in [0.3, 0.4) is 0 Å². The van der Waals surface area contributed by atoms with Crippen molar-refractivity contribution in [1.82, 2.24) is 9.78 Å². The van der Waals surface area contributed by atoms with Crippen LogP contribution in [-0.2, 0) is 19.9 Å². The fourth-order valence-corrected chi connectivity index (χ4v) is 3.14. The van der Waals surface area contributed by atoms with Crippen molar-refractivity contribution in [3.63, 3.8) is 0 Å². The van der Waals surface area contributed by atoms with E-state index in [0.717, 1.165) is 23.9 Å². The van der Waals surface area contributed by atoms with Crippen LogP contribution >= 0.6 is 0 Å². The molecule has 0 saturated carbocycles. The van der Waals surface area contributed by atoms with Crippen LogP contribution in [-0.4, -0.2) is 15.7 Å². The quantitative estimate of drug-likeness (QED) is 0.783. The minimum Gasteiger partial charge on any atom is -0.320 e. The summed E-state index contributed by atoms with van der Waals surface area (Å²) in [5, 5.41) is 9.48. The Morgan fingerprint density at radius 1 is 1.14 bits per heavy atom. The zero-order chi connectivity index (χ0) is 14.4. The Morgan fingerprint density at radius 3 is 2.71 bits per heavy atom. The summed E-state index contributed by atoms with van der Waals surface area (Å²) in [5.74, 6) is -0.131. The number of aryl methyl sites for hydroxylation is 3. The van der Waals surface area contributed by atoms with Crippen LogP contribution in [0.25, 0.3) is 10.8 Å². The summed E-state index contributed by atoms with van der Waals surface area (Å²) in [4.78, 5) is 12.4. The Morgan fingerprint density at radius 2 is 1.95 bits per heavy atom. The molecular weight excluding hydrogens is 262 g/mol. The average molecular weight is 277 g/mol. The number of anilines is 1. The summed E-state index contributed by atoms with van der Waals surface area (Å²) in [6.45, 7) is 0. The Kier molecular flexibility index (Phi) is 2.57. The summed E-state index contributed by atoms with van der Waals surface area (Å²) in [6.07, 6.45) is 3.81. The van der Waals surface area contributed by atoms with Gasteiger partial charge in [-0.25, -0.2) is 0 Å². The van der Waals surface area contributed by atoms with E-state index in [4.69, 9.17) is 0 Å². The highest BCUT2D eigenvalue weighted by Gasteiger charge is 2.17. The van der Waals surface area contributed by atoms with E-state index in [2.05, 4.69) is 34.7 Å². The van der Waals surface area contributed by atoms with Crippen molar-refractivity contribution in [2.75, 3.05) is 5.32 Å². The number of carbonyl (C=O) groups is 1. The molecule has 0 aliphatic heterocycles. The van der Waals surface area contributed by atoms with E-state index < -0.39 is 0 Å². The van der Waals surface area contributed by atoms with E-state index in [1.54, 1.807) is 24.0 Å². The standard InChI is InChI=1S/C17H15N3O/c1-20-15(9-10-18-20)17(21)19-14-8-7-12-6-5-11-3-2-4-13(14)16(11)12/h2-4,7-10H,5-6H2,1H3,(H,19,21). The minimum atomic E-state index is -0.131. The Balaban J connectivity index is 1.79. The molecule has 0 unspecified atom stereocenters. The van der Waals surface area contributed by atoms with E-state index in [9.17, 15) is 4.79 Å². The van der Waals surface area contributed by atoms with Crippen LogP contribution < -0.4 is 5.32 Å². The van der Waals surface area contributed by atoms with Crippen LogP contribution in [0.2, 0.25) is 0 Å². The zero-order valence-corrected chi connectivity index (χ0v) is 11.8. The third kappa shape index (κ3) is 1.83. The third-order valence-corrected chi connectivity index (χ3v) is 4.18. The van der Waals surface area contributed by atoms with E-state index >= 15 is 0 Å². The molecule has 2 aromatic carbocycles. The normalized spacial score (nSPS) is 12.8. The van der Waals surface area contributed by atoms with Crippen LogP contribution in [0.5, 0.6) is 0 Å². The average Bonchev–Trinajstić information content (AvgIpc) is 3.09. The largest absolute Gasteiger partial charge is 0.320 e. The fraction of sp³-hybridized carbons (Fsp3) is 0.176. The van der Waals surface area contributed by atoms with Crippen molar-refractivity contribution < 1.29 is 4.79 Å². The van der Waals surface area contributed by atoms with Gasteiger partial charge in [-0.2, -0.15) is 5.10 Å². The molecular formula is C17H15N3O. The number of aromatic nitrogens is 2. The zero-order valence-electron chi connectivity index (χ0n) is 11.8. The van der Waals surface area contributed by atoms with Crippen molar-refractivity contribution in [2.24, 2.45) is 7.05 Å². The predicted octanol–water partition coefficient (Wildman–Crippen LogP) is 2.92. The third-order valence-electron chi connectivity index (χ3n) is 4.18. The fourth-order valence-electron chi connectivity index (χ4n) is 3.14. The highest BCUT2D eigenvalue weighted by molar-refractivity contribution is 6.09. The smallest absolute Gasteiger partial charge is 0.273 e. The maximum atomic E-state index is 12.4. The van der Waals surface area contributed by atoms with Gasteiger partial charge in [0.15, 0.2) is 0 Å². The molecule has 0 radical (unpaired) electrons. The van der Waals surface area contributed by atoms with Crippen molar-refractivity contribution in [1.29, 1.82) is 0 Å². The molecule has 0 fully saturated rings. The lowest BCUT2D eigenvalue weighted by molar-refractivity contribution is 0.101. The predicted molar refractivity (Wildman–Crippen MR) is 82.5 cm³/mol. The highest BCUT2D eigenvalue weighted by atomic mass is 16.2. The number of carbonyl (C=O) groups excluding carboxylic acids is 1. The second-order valence-corrected chi connectivity index (χ2v) is 5.41. The van der Waals surface area contributed by atoms with Gasteiger partial charge in [-0.1, -0.05) is 24.3 Å². The summed E-state index contributed by atoms with van der Waals surface area (Å²) >= 11 is 0. The van der Waals surface area contributed by atoms with Crippen molar-refractivity contribution in [3.8, 4) is 0 Å². The Labute approximate surface area is 122 Å². The molecule has 0 spiro atoms. The number of hydrogen-bond donors (Lipinski definition) is 1. The van der Waals surface area contributed by atoms with E-state index in [0.29, 0.717) is 5.69 Å². The minimum absolute atomic E-state index is 0.131. The first-order valence-electron chi connectivity index (χ1n) is 7.07. The first-order valence-corrected chi connectivity index (χ1v) is 7.07. The van der Waals surface area contributed by atoms with Crippen LogP contribution in [0, 0.1) is 0 Å². The number of nitrogens with one attached hydrogen (secondary N) is 1. The lowest BCUT2D eigenvalue weighted by Crippen LogP contribution is -2.16. The molecule has 0 atom stereocenters. The van der Waals surface area contributed by atoms with Gasteiger partial charge in [-0.3, -0.25) is 9.48 Å². The number of rotatable bonds is 2. The van der Waals surface area contributed by atoms with Gasteiger partial charge in [0, 0.05) is 24.3 Å². The first-order chi connectivity index (χ1) is 10.2. The van der Waals surface area contributed by atoms with Gasteiger partial charge in [0.1, 0.15) is 5.69 Å². The summed E-state index contributed by atoms with van der Waals surface area (Å²) in [6, 6.07) is 12.2. The Hall–Kier alpha value is -2.62. The molecule has 1 aliphatic rings. The molecule has 3 aromatic rings. The summed E-state index contributed by atoms with van der Waals surface area (Å²) in [7, 11) is 1.77. The first kappa shape index (κ1) is 12.1. The van der Waals surface area contributed by atoms with Gasteiger partial charge in [-0.05, 0) is 41.5 Å². The van der Waals surface area contributed by atoms with Crippen LogP contribution in [0.4, 0.5) is 5.69 Å². The lowest BCUT2D eigenvalue weighted by Gasteiger charge is -2.10. The molecule has 1 heterocycles. The maximum Gasteiger partial charge on any atom is 0.273 e. The molecule has 1 aliphatic carbocycles. The van der Waals surface area contributed by atoms with E-state index in [1.165, 1.54) is 16.5 Å². The number of amides is 1. The monoisotopic (exact) mass is 277 g/mol. The second kappa shape index (κ2) is 4.45. The lowest BCUT2D eigenvalue weighted by atomic mass is 10.0. The molecule has 0 saturated heterocycles. The maximum absolute atomic E-state index is 12.4. The van der Waals surface area contributed by atoms with Crippen molar-refractivity contribution >= 4 is 22.4 Å². The summed E-state index contributed by atoms with van der Waals surface area (Å²) in [5.41, 5.74) is 4.17. The SMILES string of the molecule is Cn1nccc1C(=O)Nc1ccc2c3c(cccc13)CC2. The van der Waals surface area contributed by atoms with Gasteiger partial charge >= 0.3 is 0 Å². The van der Waals surface area contributed by atoms with Gasteiger partial charge in [0.25, 0.3) is 5.91 Å². The van der Waals surface area contributed by atoms with Gasteiger partial charge in [0.2, 0.25) is 0 Å². The molecule has 1 amide bonds. The Bertz CT molecular complexity index is 853. The molecule has 4 heteroatoms. The molecule has 104 valence electrons. The topological polar surface area (TPSA) is 46.9 Å². The van der Waals surface area contributed by atoms with E-state index in [1.807, 2.05) is 6.07 Å². The van der Waals surface area contributed by atoms with Crippen LogP contribution in [0.1, 0.15) is 21.6 Å². The van der Waals surface area contributed by atoms with Crippen molar-refractivity contribution in [2.45, 2.75) is 12.8 Å². The number of benzene rings is 2. The number of hydrogen-bond acceptors (Lipinski definition) is 2. The van der Waals surface area contributed by atoms with Crippen molar-refractivity contribution in [3.05, 3.63) is 59.4 Å². The molecule has 21 heavy (non-hydrogen) atoms. The van der Waals surface area contributed by atoms with Gasteiger partial charge in [0.05, 0.1) is 0 Å². The number of nitrogens with zero attached hydrogens (tertiary/aromatic N) is 2. The van der Waals surface area contributed by atoms with Crippen LogP contribution in [0.15, 0.2) is 42.6 Å². The molecule has 4 rings (SSSR count). The summed E-state index contributed by atoms with van der Waals surface area (Å²) < 4.78 is 1.58. The second-order valence-electron chi connectivity index (χ2n) is 5.41. The van der Waals surface area contributed by atoms with E-state index in [-0.39, 0.29) is 5.91 Å². The van der Waals surface area contributed by atoms with Gasteiger partial charge < -0.3 is 5.32 Å². The van der Waals surface area contributed by atoms with Gasteiger partial charge in [-0.15, -0.1) is 0 Å². The molecule has 1 aromatic heterocycles. The molecule has 4 nitrogen and oxygen atoms in total. The highest BCUT2D eigenvalue weighted by Crippen LogP contribution is 2.35. The molecule has 1 N–H and O–H groups in total.